The molecule has 6 heteroatoms. The molecule has 0 fully saturated rings. The summed E-state index contributed by atoms with van der Waals surface area (Å²) in [7, 11) is 0. The average molecular weight is 807 g/mol. The van der Waals surface area contributed by atoms with E-state index in [0.717, 1.165) is 69.6 Å². The van der Waals surface area contributed by atoms with Crippen molar-refractivity contribution in [2.24, 2.45) is 11.8 Å². The van der Waals surface area contributed by atoms with E-state index in [-0.39, 0.29) is 31.1 Å². The maximum atomic E-state index is 12.8. The largest absolute Gasteiger partial charge is 0.462 e. The maximum Gasteiger partial charge on any atom is 0.306 e. The van der Waals surface area contributed by atoms with Gasteiger partial charge in [-0.2, -0.15) is 0 Å². The van der Waals surface area contributed by atoms with E-state index in [1.807, 2.05) is 0 Å². The van der Waals surface area contributed by atoms with Gasteiger partial charge in [-0.25, -0.2) is 0 Å². The van der Waals surface area contributed by atoms with Crippen molar-refractivity contribution in [3.05, 3.63) is 0 Å². The molecule has 0 rings (SSSR count). The molecular weight excluding hydrogens is 709 g/mol. The number of carbonyl (C=O) groups excluding carboxylic acids is 3. The van der Waals surface area contributed by atoms with E-state index in [1.165, 1.54) is 167 Å². The second-order valence-corrected chi connectivity index (χ2v) is 18.4. The molecule has 0 aromatic carbocycles. The van der Waals surface area contributed by atoms with Crippen molar-refractivity contribution in [2.45, 2.75) is 285 Å². The van der Waals surface area contributed by atoms with Crippen molar-refractivity contribution >= 4 is 17.9 Å². The molecule has 57 heavy (non-hydrogen) atoms. The summed E-state index contributed by atoms with van der Waals surface area (Å²) in [5.41, 5.74) is 0. The van der Waals surface area contributed by atoms with E-state index >= 15 is 0 Å². The minimum absolute atomic E-state index is 0.0639. The Hall–Kier alpha value is -1.59. The van der Waals surface area contributed by atoms with Crippen LogP contribution < -0.4 is 0 Å². The van der Waals surface area contributed by atoms with Crippen molar-refractivity contribution in [2.75, 3.05) is 13.2 Å². The minimum atomic E-state index is -0.760. The van der Waals surface area contributed by atoms with E-state index in [0.29, 0.717) is 19.3 Å². The molecule has 0 aliphatic heterocycles. The standard InChI is InChI=1S/C51H98O6/c1-6-7-8-9-10-19-26-31-36-41-49(52)55-44-48(57-51(54)43-38-33-28-23-18-14-12-16-21-25-30-35-40-47(4)5)45-56-50(53)42-37-32-27-22-17-13-11-15-20-24-29-34-39-46(2)3/h46-48H,6-45H2,1-5H3/t48-/m1/s1. The first-order valence-electron chi connectivity index (χ1n) is 25.2. The fraction of sp³-hybridized carbons (Fsp3) is 0.941. The predicted molar refractivity (Wildman–Crippen MR) is 243 cm³/mol. The lowest BCUT2D eigenvalue weighted by Crippen LogP contribution is -2.30. The highest BCUT2D eigenvalue weighted by atomic mass is 16.6. The lowest BCUT2D eigenvalue weighted by molar-refractivity contribution is -0.167. The molecule has 338 valence electrons. The Kier molecular flexibility index (Phi) is 42.7. The van der Waals surface area contributed by atoms with Gasteiger partial charge in [0.2, 0.25) is 0 Å². The summed E-state index contributed by atoms with van der Waals surface area (Å²) < 4.78 is 16.8. The van der Waals surface area contributed by atoms with Crippen molar-refractivity contribution < 1.29 is 28.6 Å². The number of hydrogen-bond donors (Lipinski definition) is 0. The van der Waals surface area contributed by atoms with Gasteiger partial charge in [-0.3, -0.25) is 14.4 Å². The molecular formula is C51H98O6. The van der Waals surface area contributed by atoms with Crippen LogP contribution in [0.1, 0.15) is 279 Å². The Balaban J connectivity index is 4.28. The normalized spacial score (nSPS) is 12.1. The number of unbranched alkanes of at least 4 members (excludes halogenated alkanes) is 30. The molecule has 0 spiro atoms. The molecule has 0 aliphatic carbocycles. The lowest BCUT2D eigenvalue weighted by atomic mass is 10.0. The quantitative estimate of drug-likeness (QED) is 0.0346. The highest BCUT2D eigenvalue weighted by Gasteiger charge is 2.19. The van der Waals surface area contributed by atoms with Gasteiger partial charge in [0.05, 0.1) is 0 Å². The number of esters is 3. The Morgan fingerprint density at radius 3 is 0.860 bits per heavy atom. The van der Waals surface area contributed by atoms with Gasteiger partial charge < -0.3 is 14.2 Å². The molecule has 0 saturated heterocycles. The van der Waals surface area contributed by atoms with Crippen LogP contribution in [0.15, 0.2) is 0 Å². The second kappa shape index (κ2) is 44.0. The average Bonchev–Trinajstić information content (AvgIpc) is 3.18. The monoisotopic (exact) mass is 807 g/mol. The minimum Gasteiger partial charge on any atom is -0.462 e. The van der Waals surface area contributed by atoms with Crippen LogP contribution in [-0.4, -0.2) is 37.2 Å². The van der Waals surface area contributed by atoms with Gasteiger partial charge in [-0.15, -0.1) is 0 Å². The zero-order valence-electron chi connectivity index (χ0n) is 39.0. The number of hydrogen-bond acceptors (Lipinski definition) is 6. The third-order valence-electron chi connectivity index (χ3n) is 11.5. The van der Waals surface area contributed by atoms with Crippen LogP contribution in [0.5, 0.6) is 0 Å². The van der Waals surface area contributed by atoms with E-state index in [1.54, 1.807) is 0 Å². The molecule has 0 aromatic rings. The Bertz CT molecular complexity index is 870. The molecule has 0 bridgehead atoms. The summed E-state index contributed by atoms with van der Waals surface area (Å²) in [6.07, 6.45) is 43.7. The highest BCUT2D eigenvalue weighted by Crippen LogP contribution is 2.17. The fourth-order valence-corrected chi connectivity index (χ4v) is 7.64. The SMILES string of the molecule is CCCCCCCCCCCC(=O)OC[C@H](COC(=O)CCCCCCCCCCCCCCC(C)C)OC(=O)CCCCCCCCCCCCCCC(C)C. The molecule has 0 aliphatic rings. The molecule has 0 radical (unpaired) electrons. The van der Waals surface area contributed by atoms with Crippen LogP contribution in [0.25, 0.3) is 0 Å². The number of rotatable bonds is 45. The van der Waals surface area contributed by atoms with E-state index in [4.69, 9.17) is 14.2 Å². The van der Waals surface area contributed by atoms with Gasteiger partial charge in [-0.05, 0) is 31.1 Å². The van der Waals surface area contributed by atoms with Crippen LogP contribution in [0, 0.1) is 11.8 Å². The summed E-state index contributed by atoms with van der Waals surface area (Å²) in [5.74, 6) is 0.814. The fourth-order valence-electron chi connectivity index (χ4n) is 7.64. The topological polar surface area (TPSA) is 78.9 Å². The predicted octanol–water partition coefficient (Wildman–Crippen LogP) is 16.1. The van der Waals surface area contributed by atoms with E-state index in [9.17, 15) is 14.4 Å². The molecule has 6 nitrogen and oxygen atoms in total. The van der Waals surface area contributed by atoms with Crippen molar-refractivity contribution in [3.8, 4) is 0 Å². The molecule has 0 aromatic heterocycles. The van der Waals surface area contributed by atoms with Crippen LogP contribution in [0.4, 0.5) is 0 Å². The molecule has 0 unspecified atom stereocenters. The lowest BCUT2D eigenvalue weighted by Gasteiger charge is -2.18. The van der Waals surface area contributed by atoms with Gasteiger partial charge in [-0.1, -0.05) is 240 Å². The van der Waals surface area contributed by atoms with Gasteiger partial charge in [0.25, 0.3) is 0 Å². The number of ether oxygens (including phenoxy) is 3. The van der Waals surface area contributed by atoms with Gasteiger partial charge in [0, 0.05) is 19.3 Å². The van der Waals surface area contributed by atoms with Crippen molar-refractivity contribution in [1.29, 1.82) is 0 Å². The molecule has 0 amide bonds. The Labute approximate surface area is 355 Å². The van der Waals surface area contributed by atoms with Crippen LogP contribution in [0.2, 0.25) is 0 Å². The smallest absolute Gasteiger partial charge is 0.306 e. The highest BCUT2D eigenvalue weighted by molar-refractivity contribution is 5.71. The maximum absolute atomic E-state index is 12.8. The van der Waals surface area contributed by atoms with Crippen LogP contribution in [0.3, 0.4) is 0 Å². The second-order valence-electron chi connectivity index (χ2n) is 18.4. The van der Waals surface area contributed by atoms with Crippen LogP contribution in [-0.2, 0) is 28.6 Å². The summed E-state index contributed by atoms with van der Waals surface area (Å²) in [4.78, 5) is 37.8. The first-order valence-corrected chi connectivity index (χ1v) is 25.2. The van der Waals surface area contributed by atoms with Gasteiger partial charge in [0.1, 0.15) is 13.2 Å². The van der Waals surface area contributed by atoms with E-state index < -0.39 is 6.10 Å². The van der Waals surface area contributed by atoms with Crippen molar-refractivity contribution in [1.82, 2.24) is 0 Å². The van der Waals surface area contributed by atoms with Gasteiger partial charge >= 0.3 is 17.9 Å². The summed E-state index contributed by atoms with van der Waals surface area (Å²) in [5, 5.41) is 0. The first kappa shape index (κ1) is 55.4. The van der Waals surface area contributed by atoms with Crippen LogP contribution >= 0.6 is 0 Å². The number of carbonyl (C=O) groups is 3. The Morgan fingerprint density at radius 2 is 0.579 bits per heavy atom. The van der Waals surface area contributed by atoms with Gasteiger partial charge in [0.15, 0.2) is 6.10 Å². The van der Waals surface area contributed by atoms with E-state index in [2.05, 4.69) is 34.6 Å². The zero-order valence-corrected chi connectivity index (χ0v) is 39.0. The first-order chi connectivity index (χ1) is 27.7. The Morgan fingerprint density at radius 1 is 0.333 bits per heavy atom. The zero-order chi connectivity index (χ0) is 41.9. The molecule has 0 heterocycles. The summed E-state index contributed by atoms with van der Waals surface area (Å²) in [6.45, 7) is 11.4. The summed E-state index contributed by atoms with van der Waals surface area (Å²) in [6, 6.07) is 0. The molecule has 0 saturated carbocycles. The third-order valence-corrected chi connectivity index (χ3v) is 11.5. The summed E-state index contributed by atoms with van der Waals surface area (Å²) >= 11 is 0. The molecule has 1 atom stereocenters. The third kappa shape index (κ3) is 45.3. The molecule has 0 N–H and O–H groups in total. The van der Waals surface area contributed by atoms with Crippen molar-refractivity contribution in [3.63, 3.8) is 0 Å².